The van der Waals surface area contributed by atoms with E-state index in [2.05, 4.69) is 25.7 Å². The van der Waals surface area contributed by atoms with Crippen LogP contribution in [0, 0.1) is 6.92 Å². The number of carbonyl (C=O) groups is 2. The highest BCUT2D eigenvalue weighted by atomic mass is 16.5. The molecule has 0 aliphatic carbocycles. The van der Waals surface area contributed by atoms with Gasteiger partial charge in [0.1, 0.15) is 5.69 Å². The van der Waals surface area contributed by atoms with E-state index in [1.807, 2.05) is 13.1 Å². The Hall–Kier alpha value is -4.02. The summed E-state index contributed by atoms with van der Waals surface area (Å²) in [7, 11) is 2.84. The second-order valence-electron chi connectivity index (χ2n) is 6.54. The Kier molecular flexibility index (Phi) is 4.78. The zero-order valence-corrected chi connectivity index (χ0v) is 16.8. The molecule has 0 radical (unpaired) electrons. The molecule has 1 N–H and O–H groups in total. The van der Waals surface area contributed by atoms with Gasteiger partial charge in [-0.2, -0.15) is 10.2 Å². The number of hydrogen-bond acceptors (Lipinski definition) is 8. The summed E-state index contributed by atoms with van der Waals surface area (Å²) in [5.41, 5.74) is 2.45. The molecule has 154 valence electrons. The van der Waals surface area contributed by atoms with Gasteiger partial charge in [0.15, 0.2) is 5.69 Å². The Bertz CT molecular complexity index is 1270. The topological polar surface area (TPSA) is 130 Å². The largest absolute Gasteiger partial charge is 0.464 e. The van der Waals surface area contributed by atoms with Gasteiger partial charge in [-0.3, -0.25) is 14.2 Å². The number of methoxy groups -OCH3 is 1. The van der Waals surface area contributed by atoms with Crippen molar-refractivity contribution >= 4 is 28.7 Å². The Morgan fingerprint density at radius 2 is 2.10 bits per heavy atom. The van der Waals surface area contributed by atoms with Gasteiger partial charge in [0.2, 0.25) is 0 Å². The molecule has 0 saturated heterocycles. The summed E-state index contributed by atoms with van der Waals surface area (Å²) < 4.78 is 13.2. The Morgan fingerprint density at radius 3 is 2.80 bits per heavy atom. The standard InChI is InChI=1S/C19H19N7O4/c1-5-26-7-6-12(23-26)13-8-11(15-10(2)24-30-18(15)22-13)17(27)21-14-9-20-25(3)16(14)19(28)29-4/h6-9H,5H2,1-4H3,(H,21,27). The van der Waals surface area contributed by atoms with Crippen LogP contribution in [0.5, 0.6) is 0 Å². The molecule has 4 aromatic heterocycles. The number of aromatic nitrogens is 6. The predicted octanol–water partition coefficient (Wildman–Crippen LogP) is 2.19. The molecule has 0 aromatic carbocycles. The lowest BCUT2D eigenvalue weighted by molar-refractivity contribution is 0.0589. The van der Waals surface area contributed by atoms with Crippen molar-refractivity contribution in [3.63, 3.8) is 0 Å². The smallest absolute Gasteiger partial charge is 0.358 e. The summed E-state index contributed by atoms with van der Waals surface area (Å²) in [5, 5.41) is 15.6. The quantitative estimate of drug-likeness (QED) is 0.497. The number of anilines is 1. The van der Waals surface area contributed by atoms with Crippen LogP contribution in [0.15, 0.2) is 29.0 Å². The number of pyridine rings is 1. The number of fused-ring (bicyclic) bond motifs is 1. The molecule has 30 heavy (non-hydrogen) atoms. The maximum atomic E-state index is 13.2. The first-order valence-corrected chi connectivity index (χ1v) is 9.15. The molecule has 0 atom stereocenters. The zero-order chi connectivity index (χ0) is 21.4. The maximum absolute atomic E-state index is 13.2. The normalized spacial score (nSPS) is 11.1. The molecular weight excluding hydrogens is 390 g/mol. The van der Waals surface area contributed by atoms with E-state index < -0.39 is 11.9 Å². The van der Waals surface area contributed by atoms with Gasteiger partial charge >= 0.3 is 5.97 Å². The molecule has 4 aromatic rings. The van der Waals surface area contributed by atoms with Crippen LogP contribution in [0.2, 0.25) is 0 Å². The number of amides is 1. The van der Waals surface area contributed by atoms with Gasteiger partial charge < -0.3 is 14.6 Å². The first-order chi connectivity index (χ1) is 14.4. The van der Waals surface area contributed by atoms with E-state index >= 15 is 0 Å². The molecule has 0 aliphatic heterocycles. The van der Waals surface area contributed by atoms with Crippen molar-refractivity contribution in [2.24, 2.45) is 7.05 Å². The van der Waals surface area contributed by atoms with Crippen molar-refractivity contribution in [1.82, 2.24) is 29.7 Å². The molecule has 4 rings (SSSR count). The van der Waals surface area contributed by atoms with E-state index in [0.29, 0.717) is 34.6 Å². The number of ether oxygens (including phenoxy) is 1. The van der Waals surface area contributed by atoms with E-state index in [0.717, 1.165) is 0 Å². The van der Waals surface area contributed by atoms with E-state index in [1.54, 1.807) is 30.8 Å². The number of nitrogens with one attached hydrogen (secondary N) is 1. The summed E-state index contributed by atoms with van der Waals surface area (Å²) in [6.07, 6.45) is 3.21. The molecule has 0 saturated carbocycles. The van der Waals surface area contributed by atoms with Crippen LogP contribution in [-0.4, -0.2) is 48.7 Å². The third-order valence-electron chi connectivity index (χ3n) is 4.65. The zero-order valence-electron chi connectivity index (χ0n) is 16.8. The summed E-state index contributed by atoms with van der Waals surface area (Å²) in [6, 6.07) is 3.43. The number of esters is 1. The van der Waals surface area contributed by atoms with E-state index in [9.17, 15) is 9.59 Å². The first-order valence-electron chi connectivity index (χ1n) is 9.15. The third-order valence-corrected chi connectivity index (χ3v) is 4.65. The summed E-state index contributed by atoms with van der Waals surface area (Å²) >= 11 is 0. The SMILES string of the molecule is CCn1ccc(-c2cc(C(=O)Nc3cnn(C)c3C(=O)OC)c3c(C)noc3n2)n1. The molecule has 4 heterocycles. The van der Waals surface area contributed by atoms with E-state index in [1.165, 1.54) is 18.0 Å². The molecule has 0 aliphatic rings. The number of carbonyl (C=O) groups excluding carboxylic acids is 2. The van der Waals surface area contributed by atoms with Crippen molar-refractivity contribution in [3.8, 4) is 11.4 Å². The molecule has 0 spiro atoms. The number of aryl methyl sites for hydroxylation is 3. The minimum absolute atomic E-state index is 0.125. The fraction of sp³-hybridized carbons (Fsp3) is 0.263. The first kappa shape index (κ1) is 19.3. The monoisotopic (exact) mass is 409 g/mol. The maximum Gasteiger partial charge on any atom is 0.358 e. The van der Waals surface area contributed by atoms with Crippen molar-refractivity contribution in [2.75, 3.05) is 12.4 Å². The van der Waals surface area contributed by atoms with Gasteiger partial charge in [-0.05, 0) is 26.0 Å². The van der Waals surface area contributed by atoms with Gasteiger partial charge in [-0.15, -0.1) is 0 Å². The fourth-order valence-corrected chi connectivity index (χ4v) is 3.14. The van der Waals surface area contributed by atoms with Gasteiger partial charge in [0.05, 0.1) is 41.3 Å². The molecular formula is C19H19N7O4. The predicted molar refractivity (Wildman–Crippen MR) is 106 cm³/mol. The van der Waals surface area contributed by atoms with Crippen LogP contribution in [0.1, 0.15) is 33.5 Å². The molecule has 11 nitrogen and oxygen atoms in total. The lowest BCUT2D eigenvalue weighted by Gasteiger charge is -2.08. The minimum Gasteiger partial charge on any atom is -0.464 e. The Morgan fingerprint density at radius 1 is 1.30 bits per heavy atom. The van der Waals surface area contributed by atoms with Crippen molar-refractivity contribution in [3.05, 3.63) is 41.5 Å². The average molecular weight is 409 g/mol. The van der Waals surface area contributed by atoms with Gasteiger partial charge in [0.25, 0.3) is 11.6 Å². The molecule has 0 fully saturated rings. The lowest BCUT2D eigenvalue weighted by Crippen LogP contribution is -2.17. The lowest BCUT2D eigenvalue weighted by atomic mass is 10.1. The summed E-state index contributed by atoms with van der Waals surface area (Å²) in [4.78, 5) is 29.7. The number of hydrogen-bond donors (Lipinski definition) is 1. The second kappa shape index (κ2) is 7.43. The summed E-state index contributed by atoms with van der Waals surface area (Å²) in [5.74, 6) is -1.08. The fourth-order valence-electron chi connectivity index (χ4n) is 3.14. The van der Waals surface area contributed by atoms with Crippen LogP contribution < -0.4 is 5.32 Å². The number of nitrogens with zero attached hydrogens (tertiary/aromatic N) is 6. The highest BCUT2D eigenvalue weighted by Gasteiger charge is 2.24. The second-order valence-corrected chi connectivity index (χ2v) is 6.54. The van der Waals surface area contributed by atoms with E-state index in [4.69, 9.17) is 9.26 Å². The van der Waals surface area contributed by atoms with Crippen molar-refractivity contribution in [1.29, 1.82) is 0 Å². The Labute approximate surface area is 170 Å². The van der Waals surface area contributed by atoms with Crippen LogP contribution in [0.3, 0.4) is 0 Å². The van der Waals surface area contributed by atoms with E-state index in [-0.39, 0.29) is 17.1 Å². The molecule has 0 bridgehead atoms. The van der Waals surface area contributed by atoms with Crippen LogP contribution in [-0.2, 0) is 18.3 Å². The van der Waals surface area contributed by atoms with Crippen LogP contribution in [0.25, 0.3) is 22.5 Å². The number of rotatable bonds is 5. The van der Waals surface area contributed by atoms with Crippen molar-refractivity contribution < 1.29 is 18.8 Å². The van der Waals surface area contributed by atoms with Gasteiger partial charge in [0, 0.05) is 19.8 Å². The average Bonchev–Trinajstić information content (AvgIpc) is 3.46. The Balaban J connectivity index is 1.79. The van der Waals surface area contributed by atoms with Crippen LogP contribution >= 0.6 is 0 Å². The highest BCUT2D eigenvalue weighted by Crippen LogP contribution is 2.27. The van der Waals surface area contributed by atoms with Crippen molar-refractivity contribution in [2.45, 2.75) is 20.4 Å². The molecule has 0 unspecified atom stereocenters. The van der Waals surface area contributed by atoms with Crippen LogP contribution in [0.4, 0.5) is 5.69 Å². The molecule has 11 heteroatoms. The highest BCUT2D eigenvalue weighted by molar-refractivity contribution is 6.14. The minimum atomic E-state index is -0.614. The summed E-state index contributed by atoms with van der Waals surface area (Å²) in [6.45, 7) is 4.40. The van der Waals surface area contributed by atoms with Gasteiger partial charge in [-0.25, -0.2) is 9.78 Å². The third kappa shape index (κ3) is 3.19. The molecule has 1 amide bonds. The van der Waals surface area contributed by atoms with Gasteiger partial charge in [-0.1, -0.05) is 5.16 Å².